The predicted octanol–water partition coefficient (Wildman–Crippen LogP) is 1.56. The lowest BCUT2D eigenvalue weighted by Gasteiger charge is -2.14. The molecule has 0 spiro atoms. The summed E-state index contributed by atoms with van der Waals surface area (Å²) in [7, 11) is 1.23. The van der Waals surface area contributed by atoms with E-state index in [2.05, 4.69) is 16.0 Å². The van der Waals surface area contributed by atoms with E-state index in [1.54, 1.807) is 18.2 Å². The lowest BCUT2D eigenvalue weighted by molar-refractivity contribution is -0.142. The van der Waals surface area contributed by atoms with Gasteiger partial charge in [0.25, 0.3) is 5.91 Å². The molecule has 6 nitrogen and oxygen atoms in total. The van der Waals surface area contributed by atoms with Crippen molar-refractivity contribution in [3.8, 4) is 12.3 Å². The number of methoxy groups -OCH3 is 1. The molecule has 0 aromatic heterocycles. The van der Waals surface area contributed by atoms with E-state index in [4.69, 9.17) is 6.42 Å². The van der Waals surface area contributed by atoms with Crippen LogP contribution in [0.25, 0.3) is 0 Å². The molecular weight excluding hydrogens is 298 g/mol. The first kappa shape index (κ1) is 18.2. The Labute approximate surface area is 134 Å². The number of carbonyl (C=O) groups is 3. The Bertz CT molecular complexity index is 632. The van der Waals surface area contributed by atoms with E-state index in [9.17, 15) is 19.5 Å². The molecule has 2 N–H and O–H groups in total. The van der Waals surface area contributed by atoms with Crippen molar-refractivity contribution in [1.29, 1.82) is 0 Å². The lowest BCUT2D eigenvalue weighted by Crippen LogP contribution is -2.39. The van der Waals surface area contributed by atoms with Gasteiger partial charge in [0.05, 0.1) is 13.0 Å². The van der Waals surface area contributed by atoms with Gasteiger partial charge in [-0.05, 0) is 31.0 Å². The Kier molecular flexibility index (Phi) is 6.81. The van der Waals surface area contributed by atoms with Crippen LogP contribution in [0.5, 0.6) is 0 Å². The van der Waals surface area contributed by atoms with Gasteiger partial charge in [-0.15, -0.1) is 12.3 Å². The van der Waals surface area contributed by atoms with Gasteiger partial charge < -0.3 is 15.2 Å². The van der Waals surface area contributed by atoms with Gasteiger partial charge in [0.15, 0.2) is 0 Å². The van der Waals surface area contributed by atoms with Gasteiger partial charge in [0.2, 0.25) is 0 Å². The Hall–Kier alpha value is -2.81. The van der Waals surface area contributed by atoms with E-state index in [1.807, 2.05) is 0 Å². The SMILES string of the molecule is C#CCCC(C(=O)O)c1cccc(C(=O)NC(C)C(=O)OC)c1. The Balaban J connectivity index is 2.94. The Morgan fingerprint density at radius 2 is 2.09 bits per heavy atom. The number of ether oxygens (including phenoxy) is 1. The second-order valence-electron chi connectivity index (χ2n) is 4.98. The largest absolute Gasteiger partial charge is 0.481 e. The maximum atomic E-state index is 12.1. The van der Waals surface area contributed by atoms with Crippen LogP contribution in [0, 0.1) is 12.3 Å². The van der Waals surface area contributed by atoms with Crippen molar-refractivity contribution < 1.29 is 24.2 Å². The molecule has 0 saturated heterocycles. The molecule has 0 aliphatic rings. The summed E-state index contributed by atoms with van der Waals surface area (Å²) in [5.41, 5.74) is 0.760. The summed E-state index contributed by atoms with van der Waals surface area (Å²) in [6, 6.07) is 5.47. The number of aliphatic carboxylic acids is 1. The number of carbonyl (C=O) groups excluding carboxylic acids is 2. The van der Waals surface area contributed by atoms with Crippen LogP contribution in [-0.4, -0.2) is 36.1 Å². The number of amides is 1. The van der Waals surface area contributed by atoms with Crippen LogP contribution >= 0.6 is 0 Å². The smallest absolute Gasteiger partial charge is 0.328 e. The molecule has 0 saturated carbocycles. The van der Waals surface area contributed by atoms with Gasteiger partial charge in [-0.3, -0.25) is 9.59 Å². The highest BCUT2D eigenvalue weighted by atomic mass is 16.5. The van der Waals surface area contributed by atoms with Crippen molar-refractivity contribution in [1.82, 2.24) is 5.32 Å². The quantitative estimate of drug-likeness (QED) is 0.588. The molecule has 0 heterocycles. The molecule has 0 fully saturated rings. The lowest BCUT2D eigenvalue weighted by atomic mass is 9.93. The highest BCUT2D eigenvalue weighted by Crippen LogP contribution is 2.22. The summed E-state index contributed by atoms with van der Waals surface area (Å²) < 4.78 is 4.54. The van der Waals surface area contributed by atoms with Crippen molar-refractivity contribution in [2.24, 2.45) is 0 Å². The van der Waals surface area contributed by atoms with Crippen LogP contribution in [0.4, 0.5) is 0 Å². The highest BCUT2D eigenvalue weighted by Gasteiger charge is 2.21. The summed E-state index contributed by atoms with van der Waals surface area (Å²) >= 11 is 0. The topological polar surface area (TPSA) is 92.7 Å². The van der Waals surface area contributed by atoms with E-state index >= 15 is 0 Å². The second-order valence-corrected chi connectivity index (χ2v) is 4.98. The van der Waals surface area contributed by atoms with Gasteiger partial charge in [-0.25, -0.2) is 4.79 Å². The van der Waals surface area contributed by atoms with Crippen LogP contribution < -0.4 is 5.32 Å². The standard InChI is InChI=1S/C17H19NO5/c1-4-5-9-14(16(20)21)12-7-6-8-13(10-12)15(19)18-11(2)17(22)23-3/h1,6-8,10-11,14H,5,9H2,2-3H3,(H,18,19)(H,20,21). The van der Waals surface area contributed by atoms with Crippen LogP contribution in [0.1, 0.15) is 41.6 Å². The minimum Gasteiger partial charge on any atom is -0.481 e. The number of rotatable bonds is 7. The molecule has 2 atom stereocenters. The van der Waals surface area contributed by atoms with Crippen LogP contribution in [-0.2, 0) is 14.3 Å². The summed E-state index contributed by atoms with van der Waals surface area (Å²) in [6.07, 6.45) is 5.79. The summed E-state index contributed by atoms with van der Waals surface area (Å²) in [5, 5.41) is 11.8. The van der Waals surface area contributed by atoms with E-state index < -0.39 is 29.8 Å². The fourth-order valence-corrected chi connectivity index (χ4v) is 2.07. The fourth-order valence-electron chi connectivity index (χ4n) is 2.07. The molecule has 0 bridgehead atoms. The minimum absolute atomic E-state index is 0.269. The van der Waals surface area contributed by atoms with E-state index in [1.165, 1.54) is 20.1 Å². The van der Waals surface area contributed by atoms with Gasteiger partial charge >= 0.3 is 11.9 Å². The third-order valence-electron chi connectivity index (χ3n) is 3.33. The van der Waals surface area contributed by atoms with Crippen molar-refractivity contribution in [2.45, 2.75) is 31.7 Å². The first-order valence-electron chi connectivity index (χ1n) is 7.05. The molecule has 2 unspecified atom stereocenters. The molecular formula is C17H19NO5. The van der Waals surface area contributed by atoms with Gasteiger partial charge in [-0.1, -0.05) is 12.1 Å². The number of nitrogens with one attached hydrogen (secondary N) is 1. The molecule has 1 rings (SSSR count). The first-order valence-corrected chi connectivity index (χ1v) is 7.05. The number of hydrogen-bond donors (Lipinski definition) is 2. The van der Waals surface area contributed by atoms with E-state index in [0.29, 0.717) is 12.0 Å². The first-order chi connectivity index (χ1) is 10.9. The van der Waals surface area contributed by atoms with Crippen LogP contribution in [0.15, 0.2) is 24.3 Å². The fraction of sp³-hybridized carbons (Fsp3) is 0.353. The van der Waals surface area contributed by atoms with Crippen molar-refractivity contribution in [3.05, 3.63) is 35.4 Å². The van der Waals surface area contributed by atoms with Gasteiger partial charge in [0.1, 0.15) is 6.04 Å². The van der Waals surface area contributed by atoms with Crippen LogP contribution in [0.2, 0.25) is 0 Å². The minimum atomic E-state index is -0.999. The Morgan fingerprint density at radius 3 is 2.65 bits per heavy atom. The molecule has 0 aliphatic heterocycles. The highest BCUT2D eigenvalue weighted by molar-refractivity contribution is 5.97. The summed E-state index contributed by atoms with van der Waals surface area (Å²) in [4.78, 5) is 34.8. The molecule has 23 heavy (non-hydrogen) atoms. The average molecular weight is 317 g/mol. The number of carboxylic acids is 1. The van der Waals surface area contributed by atoms with E-state index in [-0.39, 0.29) is 12.0 Å². The third kappa shape index (κ3) is 5.15. The monoisotopic (exact) mass is 317 g/mol. The zero-order valence-corrected chi connectivity index (χ0v) is 13.0. The van der Waals surface area contributed by atoms with Crippen molar-refractivity contribution in [2.75, 3.05) is 7.11 Å². The van der Waals surface area contributed by atoms with Crippen LogP contribution in [0.3, 0.4) is 0 Å². The molecule has 1 aromatic rings. The predicted molar refractivity (Wildman–Crippen MR) is 83.8 cm³/mol. The van der Waals surface area contributed by atoms with Gasteiger partial charge in [-0.2, -0.15) is 0 Å². The molecule has 0 radical (unpaired) electrons. The average Bonchev–Trinajstić information content (AvgIpc) is 2.54. The molecule has 6 heteroatoms. The zero-order valence-electron chi connectivity index (χ0n) is 13.0. The molecule has 0 aliphatic carbocycles. The number of terminal acetylenes is 1. The number of carboxylic acid groups (broad SMARTS) is 1. The summed E-state index contributed by atoms with van der Waals surface area (Å²) in [5.74, 6) is -0.413. The number of benzene rings is 1. The number of hydrogen-bond acceptors (Lipinski definition) is 4. The molecule has 1 amide bonds. The third-order valence-corrected chi connectivity index (χ3v) is 3.33. The number of esters is 1. The second kappa shape index (κ2) is 8.59. The van der Waals surface area contributed by atoms with E-state index in [0.717, 1.165) is 0 Å². The zero-order chi connectivity index (χ0) is 17.4. The van der Waals surface area contributed by atoms with Crippen molar-refractivity contribution >= 4 is 17.8 Å². The maximum Gasteiger partial charge on any atom is 0.328 e. The maximum absolute atomic E-state index is 12.1. The van der Waals surface area contributed by atoms with Gasteiger partial charge in [0, 0.05) is 12.0 Å². The molecule has 122 valence electrons. The Morgan fingerprint density at radius 1 is 1.39 bits per heavy atom. The summed E-state index contributed by atoms with van der Waals surface area (Å²) in [6.45, 7) is 1.50. The van der Waals surface area contributed by atoms with Crippen molar-refractivity contribution in [3.63, 3.8) is 0 Å². The normalized spacial score (nSPS) is 12.6. The molecule has 1 aromatic carbocycles.